The Kier molecular flexibility index (Phi) is 6.01. The van der Waals surface area contributed by atoms with E-state index in [4.69, 9.17) is 9.47 Å². The van der Waals surface area contributed by atoms with Gasteiger partial charge < -0.3 is 14.6 Å². The van der Waals surface area contributed by atoms with E-state index in [0.29, 0.717) is 4.90 Å². The lowest BCUT2D eigenvalue weighted by Gasteiger charge is -2.26. The van der Waals surface area contributed by atoms with Crippen molar-refractivity contribution in [2.45, 2.75) is 52.7 Å². The maximum absolute atomic E-state index is 14.3. The Bertz CT molecular complexity index is 1200. The summed E-state index contributed by atoms with van der Waals surface area (Å²) in [5, 5.41) is 13.7. The van der Waals surface area contributed by atoms with Gasteiger partial charge in [-0.25, -0.2) is 22.9 Å². The number of aromatic hydroxyl groups is 1. The predicted molar refractivity (Wildman–Crippen MR) is 115 cm³/mol. The molecule has 2 aromatic heterocycles. The summed E-state index contributed by atoms with van der Waals surface area (Å²) in [6.07, 6.45) is -0.673. The monoisotopic (exact) mass is 462 g/mol. The maximum Gasteiger partial charge on any atom is 0.427 e. The van der Waals surface area contributed by atoms with Crippen LogP contribution in [0.25, 0.3) is 16.8 Å². The van der Waals surface area contributed by atoms with Crippen LogP contribution in [0, 0.1) is 11.6 Å². The van der Waals surface area contributed by atoms with Crippen LogP contribution in [0.4, 0.5) is 24.3 Å². The molecule has 0 aliphatic heterocycles. The molecule has 9 nitrogen and oxygen atoms in total. The van der Waals surface area contributed by atoms with Crippen LogP contribution in [-0.4, -0.2) is 43.1 Å². The van der Waals surface area contributed by atoms with Crippen molar-refractivity contribution < 1.29 is 33.0 Å². The van der Waals surface area contributed by atoms with Gasteiger partial charge in [-0.05, 0) is 71.4 Å². The number of amides is 2. The molecule has 0 bridgehead atoms. The lowest BCUT2D eigenvalue weighted by molar-refractivity contribution is 0.0427. The first-order valence-corrected chi connectivity index (χ1v) is 9.96. The Morgan fingerprint density at radius 2 is 1.58 bits per heavy atom. The van der Waals surface area contributed by atoms with Crippen LogP contribution in [0.5, 0.6) is 5.75 Å². The Morgan fingerprint density at radius 3 is 2.12 bits per heavy atom. The number of rotatable bonds is 2. The number of benzene rings is 1. The van der Waals surface area contributed by atoms with Crippen molar-refractivity contribution in [1.29, 1.82) is 0 Å². The van der Waals surface area contributed by atoms with Gasteiger partial charge in [0.05, 0.1) is 0 Å². The van der Waals surface area contributed by atoms with Crippen molar-refractivity contribution in [3.8, 4) is 16.9 Å². The first-order chi connectivity index (χ1) is 15.2. The third-order valence-corrected chi connectivity index (χ3v) is 4.06. The Morgan fingerprint density at radius 1 is 1.00 bits per heavy atom. The number of nitrogens with zero attached hydrogens (tertiary/aromatic N) is 4. The van der Waals surface area contributed by atoms with Gasteiger partial charge in [-0.2, -0.15) is 4.98 Å². The van der Waals surface area contributed by atoms with Crippen molar-refractivity contribution in [2.24, 2.45) is 0 Å². The molecule has 0 spiro atoms. The van der Waals surface area contributed by atoms with Crippen LogP contribution < -0.4 is 4.90 Å². The van der Waals surface area contributed by atoms with E-state index in [1.54, 1.807) is 41.5 Å². The zero-order valence-electron chi connectivity index (χ0n) is 19.0. The fraction of sp³-hybridized carbons (Fsp3) is 0.364. The molecule has 0 radical (unpaired) electrons. The van der Waals surface area contributed by atoms with Gasteiger partial charge in [-0.1, -0.05) is 0 Å². The maximum atomic E-state index is 14.3. The van der Waals surface area contributed by atoms with Gasteiger partial charge in [0.2, 0.25) is 0 Å². The fourth-order valence-electron chi connectivity index (χ4n) is 2.75. The van der Waals surface area contributed by atoms with Crippen LogP contribution in [0.1, 0.15) is 41.5 Å². The second kappa shape index (κ2) is 8.30. The van der Waals surface area contributed by atoms with Gasteiger partial charge >= 0.3 is 12.2 Å². The quantitative estimate of drug-likeness (QED) is 0.568. The van der Waals surface area contributed by atoms with Gasteiger partial charge in [0.15, 0.2) is 23.0 Å². The fourth-order valence-corrected chi connectivity index (χ4v) is 2.75. The number of ether oxygens (including phenoxy) is 2. The van der Waals surface area contributed by atoms with Gasteiger partial charge in [0.25, 0.3) is 5.95 Å². The minimum atomic E-state index is -1.14. The highest BCUT2D eigenvalue weighted by atomic mass is 19.1. The zero-order valence-corrected chi connectivity index (χ0v) is 19.0. The predicted octanol–water partition coefficient (Wildman–Crippen LogP) is 5.06. The molecule has 1 N–H and O–H groups in total. The average molecular weight is 462 g/mol. The summed E-state index contributed by atoms with van der Waals surface area (Å²) in [7, 11) is 0. The number of carbonyl (C=O) groups is 2. The number of halogens is 2. The molecule has 2 amide bonds. The number of phenolic OH excluding ortho intramolecular Hbond substituents is 1. The largest absolute Gasteiger partial charge is 0.503 e. The van der Waals surface area contributed by atoms with E-state index in [1.807, 2.05) is 0 Å². The summed E-state index contributed by atoms with van der Waals surface area (Å²) in [6, 6.07) is 4.95. The normalized spacial score (nSPS) is 12.0. The molecule has 3 aromatic rings. The molecule has 0 aliphatic rings. The standard InChI is InChI=1S/C22H24F2N4O5/c1-21(2,3)32-19(30)28(20(31)33-22(4,5)6)18-25-15-11-12(9-10-27(15)26-18)13-7-8-14(23)17(29)16(13)24/h7-11,29H,1-6H3. The third kappa shape index (κ3) is 5.36. The van der Waals surface area contributed by atoms with Crippen molar-refractivity contribution in [1.82, 2.24) is 14.6 Å². The number of aromatic nitrogens is 3. The number of anilines is 1. The van der Waals surface area contributed by atoms with Gasteiger partial charge in [-0.3, -0.25) is 0 Å². The van der Waals surface area contributed by atoms with Crippen LogP contribution in [0.15, 0.2) is 30.5 Å². The number of hydrogen-bond acceptors (Lipinski definition) is 7. The van der Waals surface area contributed by atoms with E-state index in [1.165, 1.54) is 28.9 Å². The summed E-state index contributed by atoms with van der Waals surface area (Å²) in [4.78, 5) is 30.3. The van der Waals surface area contributed by atoms with E-state index in [9.17, 15) is 23.5 Å². The molecular formula is C22H24F2N4O5. The highest BCUT2D eigenvalue weighted by molar-refractivity contribution is 6.08. The Balaban J connectivity index is 2.06. The summed E-state index contributed by atoms with van der Waals surface area (Å²) >= 11 is 0. The lowest BCUT2D eigenvalue weighted by Crippen LogP contribution is -2.44. The second-order valence-electron chi connectivity index (χ2n) is 9.18. The summed E-state index contributed by atoms with van der Waals surface area (Å²) in [6.45, 7) is 9.80. The number of hydrogen-bond donors (Lipinski definition) is 1. The van der Waals surface area contributed by atoms with Crippen molar-refractivity contribution in [2.75, 3.05) is 4.90 Å². The smallest absolute Gasteiger partial charge is 0.427 e. The van der Waals surface area contributed by atoms with Crippen LogP contribution >= 0.6 is 0 Å². The van der Waals surface area contributed by atoms with E-state index >= 15 is 0 Å². The average Bonchev–Trinajstić information content (AvgIpc) is 3.05. The molecule has 0 aliphatic carbocycles. The first kappa shape index (κ1) is 23.9. The molecule has 0 saturated carbocycles. The molecule has 0 atom stereocenters. The van der Waals surface area contributed by atoms with Crippen LogP contribution in [0.2, 0.25) is 0 Å². The van der Waals surface area contributed by atoms with Crippen molar-refractivity contribution >= 4 is 23.8 Å². The summed E-state index contributed by atoms with van der Waals surface area (Å²) in [5.74, 6) is -3.65. The summed E-state index contributed by atoms with van der Waals surface area (Å²) < 4.78 is 39.6. The lowest BCUT2D eigenvalue weighted by atomic mass is 10.1. The molecular weight excluding hydrogens is 438 g/mol. The Hall–Kier alpha value is -3.76. The van der Waals surface area contributed by atoms with E-state index < -0.39 is 40.8 Å². The Labute approximate surface area is 188 Å². The molecule has 176 valence electrons. The minimum Gasteiger partial charge on any atom is -0.503 e. The van der Waals surface area contributed by atoms with Gasteiger partial charge in [0, 0.05) is 11.8 Å². The van der Waals surface area contributed by atoms with Crippen LogP contribution in [0.3, 0.4) is 0 Å². The molecule has 11 heteroatoms. The molecule has 0 saturated heterocycles. The van der Waals surface area contributed by atoms with E-state index in [0.717, 1.165) is 6.07 Å². The third-order valence-electron chi connectivity index (χ3n) is 4.06. The van der Waals surface area contributed by atoms with Gasteiger partial charge in [0.1, 0.15) is 11.2 Å². The second-order valence-corrected chi connectivity index (χ2v) is 9.18. The minimum absolute atomic E-state index is 0.0721. The summed E-state index contributed by atoms with van der Waals surface area (Å²) in [5.41, 5.74) is -1.49. The number of carbonyl (C=O) groups excluding carboxylic acids is 2. The molecule has 0 fully saturated rings. The number of pyridine rings is 1. The molecule has 0 unspecified atom stereocenters. The number of fused-ring (bicyclic) bond motifs is 1. The van der Waals surface area contributed by atoms with E-state index in [-0.39, 0.29) is 22.7 Å². The molecule has 1 aromatic carbocycles. The van der Waals surface area contributed by atoms with Crippen molar-refractivity contribution in [3.05, 3.63) is 42.1 Å². The zero-order chi connectivity index (χ0) is 24.7. The molecule has 2 heterocycles. The highest BCUT2D eigenvalue weighted by Crippen LogP contribution is 2.31. The number of phenols is 1. The first-order valence-electron chi connectivity index (χ1n) is 9.96. The van der Waals surface area contributed by atoms with Crippen molar-refractivity contribution in [3.63, 3.8) is 0 Å². The number of imide groups is 1. The molecule has 33 heavy (non-hydrogen) atoms. The topological polar surface area (TPSA) is 106 Å². The molecule has 3 rings (SSSR count). The highest BCUT2D eigenvalue weighted by Gasteiger charge is 2.35. The SMILES string of the molecule is CC(C)(C)OC(=O)N(C(=O)OC(C)(C)C)c1nc2cc(-c3ccc(F)c(O)c3F)ccn2n1. The van der Waals surface area contributed by atoms with E-state index in [2.05, 4.69) is 10.1 Å². The van der Waals surface area contributed by atoms with Crippen LogP contribution in [-0.2, 0) is 9.47 Å². The van der Waals surface area contributed by atoms with Gasteiger partial charge in [-0.15, -0.1) is 10.00 Å².